The van der Waals surface area contributed by atoms with Gasteiger partial charge in [-0.05, 0) is 12.8 Å². The van der Waals surface area contributed by atoms with E-state index in [1.165, 1.54) is 141 Å². The lowest BCUT2D eigenvalue weighted by molar-refractivity contribution is -0.359. The molecule has 0 bridgehead atoms. The fourth-order valence-corrected chi connectivity index (χ4v) is 9.00. The first-order valence-corrected chi connectivity index (χ1v) is 26.3. The zero-order chi connectivity index (χ0) is 46.8. The predicted molar refractivity (Wildman–Crippen MR) is 249 cm³/mol. The van der Waals surface area contributed by atoms with Gasteiger partial charge in [0.25, 0.3) is 0 Å². The lowest BCUT2D eigenvalue weighted by Crippen LogP contribution is -2.65. The van der Waals surface area contributed by atoms with Crippen LogP contribution < -0.4 is 5.32 Å². The van der Waals surface area contributed by atoms with Gasteiger partial charge in [-0.3, -0.25) is 4.79 Å². The van der Waals surface area contributed by atoms with Crippen molar-refractivity contribution >= 4 is 5.91 Å². The van der Waals surface area contributed by atoms with Crippen LogP contribution in [-0.2, 0) is 23.7 Å². The molecule has 12 atom stereocenters. The molecule has 0 aromatic rings. The van der Waals surface area contributed by atoms with Crippen LogP contribution in [0.1, 0.15) is 219 Å². The molecule has 380 valence electrons. The van der Waals surface area contributed by atoms with Crippen molar-refractivity contribution < 1.29 is 64.6 Å². The van der Waals surface area contributed by atoms with Gasteiger partial charge in [0.2, 0.25) is 5.91 Å². The molecular weight excluding hydrogens is 823 g/mol. The molecular formula is C50H97NO13. The normalized spacial score (nSPS) is 27.2. The number of aliphatic hydroxyl groups excluding tert-OH is 8. The molecule has 14 heteroatoms. The number of carbonyl (C=O) groups is 1. The highest BCUT2D eigenvalue weighted by Gasteiger charge is 2.51. The van der Waals surface area contributed by atoms with Crippen LogP contribution in [-0.4, -0.2) is 140 Å². The van der Waals surface area contributed by atoms with E-state index in [0.29, 0.717) is 12.8 Å². The third-order valence-electron chi connectivity index (χ3n) is 13.3. The molecule has 2 heterocycles. The summed E-state index contributed by atoms with van der Waals surface area (Å²) in [6.45, 7) is 2.85. The van der Waals surface area contributed by atoms with Crippen molar-refractivity contribution in [1.82, 2.24) is 5.32 Å². The summed E-state index contributed by atoms with van der Waals surface area (Å²) in [6, 6.07) is -0.820. The summed E-state index contributed by atoms with van der Waals surface area (Å²) >= 11 is 0. The van der Waals surface area contributed by atoms with Crippen molar-refractivity contribution in [2.24, 2.45) is 0 Å². The number of amides is 1. The molecule has 0 aliphatic carbocycles. The summed E-state index contributed by atoms with van der Waals surface area (Å²) in [4.78, 5) is 13.2. The summed E-state index contributed by atoms with van der Waals surface area (Å²) < 4.78 is 22.7. The van der Waals surface area contributed by atoms with Crippen molar-refractivity contribution in [3.05, 3.63) is 0 Å². The highest BCUT2D eigenvalue weighted by Crippen LogP contribution is 2.30. The Morgan fingerprint density at radius 2 is 0.891 bits per heavy atom. The molecule has 1 amide bonds. The molecule has 0 aromatic carbocycles. The Labute approximate surface area is 387 Å². The summed E-state index contributed by atoms with van der Waals surface area (Å²) in [7, 11) is 0. The Morgan fingerprint density at radius 3 is 1.33 bits per heavy atom. The molecule has 4 unspecified atom stereocenters. The van der Waals surface area contributed by atoms with E-state index < -0.39 is 86.8 Å². The zero-order valence-corrected chi connectivity index (χ0v) is 40.3. The van der Waals surface area contributed by atoms with Gasteiger partial charge in [0.1, 0.15) is 48.8 Å². The fraction of sp³-hybridized carbons (Fsp3) is 0.980. The second kappa shape index (κ2) is 37.9. The Balaban J connectivity index is 1.76. The first-order chi connectivity index (χ1) is 31.1. The molecule has 2 saturated heterocycles. The monoisotopic (exact) mass is 920 g/mol. The smallest absolute Gasteiger partial charge is 0.220 e. The molecule has 14 nitrogen and oxygen atoms in total. The fourth-order valence-electron chi connectivity index (χ4n) is 9.00. The Morgan fingerprint density at radius 1 is 0.500 bits per heavy atom. The molecule has 2 aliphatic rings. The number of hydrogen-bond donors (Lipinski definition) is 9. The highest BCUT2D eigenvalue weighted by atomic mass is 16.7. The first-order valence-electron chi connectivity index (χ1n) is 26.3. The van der Waals surface area contributed by atoms with Gasteiger partial charge in [-0.25, -0.2) is 0 Å². The molecule has 2 aliphatic heterocycles. The van der Waals surface area contributed by atoms with Gasteiger partial charge in [0, 0.05) is 6.42 Å². The Hall–Kier alpha value is -1.01. The van der Waals surface area contributed by atoms with Gasteiger partial charge in [-0.1, -0.05) is 200 Å². The number of unbranched alkanes of at least 4 members (excludes halogenated alkanes) is 28. The molecule has 2 rings (SSSR count). The molecule has 0 saturated carbocycles. The first kappa shape index (κ1) is 59.1. The molecule has 2 fully saturated rings. The van der Waals surface area contributed by atoms with Crippen LogP contribution in [0.5, 0.6) is 0 Å². The Kier molecular flexibility index (Phi) is 35.0. The van der Waals surface area contributed by atoms with E-state index >= 15 is 0 Å². The van der Waals surface area contributed by atoms with E-state index in [9.17, 15) is 45.6 Å². The molecule has 64 heavy (non-hydrogen) atoms. The number of carbonyl (C=O) groups excluding carboxylic acids is 1. The number of rotatable bonds is 41. The minimum absolute atomic E-state index is 0.204. The predicted octanol–water partition coefficient (Wildman–Crippen LogP) is 7.00. The van der Waals surface area contributed by atoms with Gasteiger partial charge in [0.05, 0.1) is 32.0 Å². The second-order valence-electron chi connectivity index (χ2n) is 19.0. The average Bonchev–Trinajstić information content (AvgIpc) is 3.29. The number of hydrogen-bond acceptors (Lipinski definition) is 13. The van der Waals surface area contributed by atoms with E-state index in [1.807, 2.05) is 0 Å². The van der Waals surface area contributed by atoms with Gasteiger partial charge >= 0.3 is 0 Å². The summed E-state index contributed by atoms with van der Waals surface area (Å²) in [5, 5.41) is 86.8. The van der Waals surface area contributed by atoms with Crippen molar-refractivity contribution in [3.63, 3.8) is 0 Å². The van der Waals surface area contributed by atoms with E-state index in [4.69, 9.17) is 18.9 Å². The van der Waals surface area contributed by atoms with Crippen LogP contribution in [0.2, 0.25) is 0 Å². The van der Waals surface area contributed by atoms with Crippen LogP contribution >= 0.6 is 0 Å². The lowest BCUT2D eigenvalue weighted by Gasteiger charge is -2.46. The van der Waals surface area contributed by atoms with Gasteiger partial charge in [-0.15, -0.1) is 0 Å². The lowest BCUT2D eigenvalue weighted by atomic mass is 9.97. The summed E-state index contributed by atoms with van der Waals surface area (Å²) in [5.41, 5.74) is 0. The van der Waals surface area contributed by atoms with E-state index in [0.717, 1.165) is 51.4 Å². The highest BCUT2D eigenvalue weighted by molar-refractivity contribution is 5.76. The maximum Gasteiger partial charge on any atom is 0.220 e. The minimum Gasteiger partial charge on any atom is -0.394 e. The van der Waals surface area contributed by atoms with E-state index in [2.05, 4.69) is 19.2 Å². The number of aliphatic hydroxyl groups is 8. The molecule has 0 radical (unpaired) electrons. The van der Waals surface area contributed by atoms with Crippen molar-refractivity contribution in [1.29, 1.82) is 0 Å². The standard InChI is InChI=1S/C50H97NO13/c1-3-5-7-9-11-13-15-16-17-18-19-20-21-22-23-24-26-28-30-32-34-42(55)51-38(39(54)33-31-29-27-25-14-12-10-8-6-4-2)37-61-49-47(60)45(58)48(41(36-53)63-49)64-50-46(59)44(57)43(56)40(35-52)62-50/h38-41,43-50,52-54,56-60H,3-37H2,1-2H3,(H,51,55)/t38-,39+,40+,41+,43-,44?,45?,46?,47?,48+,49+,50-/m0/s1. The van der Waals surface area contributed by atoms with Gasteiger partial charge in [0.15, 0.2) is 12.6 Å². The van der Waals surface area contributed by atoms with Crippen LogP contribution in [0, 0.1) is 0 Å². The zero-order valence-electron chi connectivity index (χ0n) is 40.3. The number of nitrogens with one attached hydrogen (secondary N) is 1. The van der Waals surface area contributed by atoms with E-state index in [-0.39, 0.29) is 12.5 Å². The third-order valence-corrected chi connectivity index (χ3v) is 13.3. The van der Waals surface area contributed by atoms with Crippen molar-refractivity contribution in [3.8, 4) is 0 Å². The van der Waals surface area contributed by atoms with Crippen molar-refractivity contribution in [2.45, 2.75) is 293 Å². The average molecular weight is 920 g/mol. The SMILES string of the molecule is CCCCCCCCCCCCCCCCCCCCCCC(=O)N[C@@H](CO[C@@H]1O[C@H](CO)[C@@H](O[C@@H]2O[C@H](CO)[C@H](O)C(O)C2O)C(O)C1O)[C@H](O)CCCCCCCCCCCC. The second-order valence-corrected chi connectivity index (χ2v) is 19.0. The van der Waals surface area contributed by atoms with Crippen LogP contribution in [0.25, 0.3) is 0 Å². The van der Waals surface area contributed by atoms with Crippen LogP contribution in [0.3, 0.4) is 0 Å². The molecule has 9 N–H and O–H groups in total. The number of ether oxygens (including phenoxy) is 4. The topological polar surface area (TPSA) is 228 Å². The third kappa shape index (κ3) is 24.8. The molecule has 0 aromatic heterocycles. The van der Waals surface area contributed by atoms with Crippen LogP contribution in [0.4, 0.5) is 0 Å². The maximum absolute atomic E-state index is 13.2. The Bertz CT molecular complexity index is 1090. The maximum atomic E-state index is 13.2. The summed E-state index contributed by atoms with van der Waals surface area (Å²) in [6.07, 6.45) is 21.2. The summed E-state index contributed by atoms with van der Waals surface area (Å²) in [5.74, 6) is -0.204. The van der Waals surface area contributed by atoms with Crippen molar-refractivity contribution in [2.75, 3.05) is 19.8 Å². The largest absolute Gasteiger partial charge is 0.394 e. The van der Waals surface area contributed by atoms with E-state index in [1.54, 1.807) is 0 Å². The van der Waals surface area contributed by atoms with Gasteiger partial charge < -0.3 is 65.1 Å². The van der Waals surface area contributed by atoms with Crippen LogP contribution in [0.15, 0.2) is 0 Å². The minimum atomic E-state index is -1.78. The van der Waals surface area contributed by atoms with Gasteiger partial charge in [-0.2, -0.15) is 0 Å². The quantitative estimate of drug-likeness (QED) is 0.0282. The molecule has 0 spiro atoms.